The van der Waals surface area contributed by atoms with Crippen LogP contribution in [0.5, 0.6) is 0 Å². The van der Waals surface area contributed by atoms with Gasteiger partial charge in [0, 0.05) is 24.6 Å². The van der Waals surface area contributed by atoms with E-state index in [0.29, 0.717) is 28.1 Å². The van der Waals surface area contributed by atoms with Gasteiger partial charge in [-0.2, -0.15) is 13.2 Å². The number of pyridine rings is 1. The van der Waals surface area contributed by atoms with E-state index >= 15 is 0 Å². The van der Waals surface area contributed by atoms with Gasteiger partial charge in [-0.25, -0.2) is 26.7 Å². The van der Waals surface area contributed by atoms with E-state index in [1.165, 1.54) is 23.1 Å². The molecule has 1 aromatic heterocycles. The van der Waals surface area contributed by atoms with Gasteiger partial charge in [0.25, 0.3) is 0 Å². The summed E-state index contributed by atoms with van der Waals surface area (Å²) in [5.74, 6) is 0. The maximum atomic E-state index is 13.5. The van der Waals surface area contributed by atoms with Crippen LogP contribution in [0.2, 0.25) is 0 Å². The lowest BCUT2D eigenvalue weighted by Crippen LogP contribution is -2.62. The van der Waals surface area contributed by atoms with E-state index in [1.807, 2.05) is 0 Å². The summed E-state index contributed by atoms with van der Waals surface area (Å²) in [4.78, 5) is 7.06. The van der Waals surface area contributed by atoms with Gasteiger partial charge in [0.05, 0.1) is 33.4 Å². The average Bonchev–Trinajstić information content (AvgIpc) is 2.83. The zero-order chi connectivity index (χ0) is 28.9. The van der Waals surface area contributed by atoms with Gasteiger partial charge in [-0.1, -0.05) is 24.3 Å². The second-order valence-corrected chi connectivity index (χ2v) is 13.5. The number of nitrogens with zero attached hydrogens (tertiary/aromatic N) is 3. The minimum absolute atomic E-state index is 0.0254. The third kappa shape index (κ3) is 6.25. The number of aryl methyl sites for hydroxylation is 1. The molecule has 2 heterocycles. The maximum Gasteiger partial charge on any atom is 0.401 e. The standard InChI is InChI=1S/C25H28F3N5O4S2/c1-15-7-8-17(12-21(15)39(3,36)37)19-9-10-20-22(31-19)23(29)33(14-25(26,27)28)24(30)32(20)13-16-5-4-6-18(11-16)38(2,34)35/h4-12,23-24H,13-14,29-30H2,1-3H3. The first-order valence-electron chi connectivity index (χ1n) is 11.7. The number of anilines is 1. The topological polar surface area (TPSA) is 140 Å². The molecule has 0 aliphatic carbocycles. The van der Waals surface area contributed by atoms with Crippen molar-refractivity contribution in [2.75, 3.05) is 24.0 Å². The van der Waals surface area contributed by atoms with Gasteiger partial charge in [0.2, 0.25) is 0 Å². The van der Waals surface area contributed by atoms with Crippen molar-refractivity contribution in [3.8, 4) is 11.3 Å². The molecule has 0 amide bonds. The van der Waals surface area contributed by atoms with Crippen molar-refractivity contribution in [1.82, 2.24) is 9.88 Å². The first-order chi connectivity index (χ1) is 18.0. The molecule has 2 unspecified atom stereocenters. The van der Waals surface area contributed by atoms with Crippen LogP contribution in [0.4, 0.5) is 18.9 Å². The van der Waals surface area contributed by atoms with Crippen LogP contribution >= 0.6 is 0 Å². The lowest BCUT2D eigenvalue weighted by atomic mass is 10.0. The Morgan fingerprint density at radius 2 is 1.64 bits per heavy atom. The number of aromatic nitrogens is 1. The molecule has 2 aromatic carbocycles. The molecule has 0 spiro atoms. The Morgan fingerprint density at radius 3 is 2.26 bits per heavy atom. The highest BCUT2D eigenvalue weighted by Crippen LogP contribution is 2.38. The van der Waals surface area contributed by atoms with E-state index in [9.17, 15) is 30.0 Å². The summed E-state index contributed by atoms with van der Waals surface area (Å²) in [5, 5.41) is 0. The minimum atomic E-state index is -4.62. The van der Waals surface area contributed by atoms with E-state index in [0.717, 1.165) is 17.4 Å². The number of fused-ring (bicyclic) bond motifs is 1. The van der Waals surface area contributed by atoms with E-state index in [4.69, 9.17) is 11.5 Å². The molecule has 210 valence electrons. The van der Waals surface area contributed by atoms with Crippen LogP contribution in [-0.4, -0.2) is 58.2 Å². The lowest BCUT2D eigenvalue weighted by molar-refractivity contribution is -0.158. The zero-order valence-corrected chi connectivity index (χ0v) is 23.0. The van der Waals surface area contributed by atoms with Gasteiger partial charge in [-0.15, -0.1) is 0 Å². The van der Waals surface area contributed by atoms with E-state index in [1.54, 1.807) is 43.3 Å². The van der Waals surface area contributed by atoms with Gasteiger partial charge in [-0.3, -0.25) is 5.73 Å². The molecule has 9 nitrogen and oxygen atoms in total. The van der Waals surface area contributed by atoms with E-state index < -0.39 is 44.9 Å². The Morgan fingerprint density at radius 1 is 0.949 bits per heavy atom. The molecule has 1 aliphatic heterocycles. The number of hydrogen-bond acceptors (Lipinski definition) is 9. The van der Waals surface area contributed by atoms with Gasteiger partial charge in [0.1, 0.15) is 12.5 Å². The van der Waals surface area contributed by atoms with Crippen LogP contribution < -0.4 is 16.4 Å². The number of halogens is 3. The molecule has 4 rings (SSSR count). The summed E-state index contributed by atoms with van der Waals surface area (Å²) in [6, 6.07) is 14.0. The van der Waals surface area contributed by atoms with E-state index in [-0.39, 0.29) is 22.0 Å². The highest BCUT2D eigenvalue weighted by molar-refractivity contribution is 7.91. The molecule has 0 radical (unpaired) electrons. The van der Waals surface area contributed by atoms with Gasteiger partial charge < -0.3 is 10.6 Å². The second-order valence-electron chi connectivity index (χ2n) is 9.55. The number of benzene rings is 2. The largest absolute Gasteiger partial charge is 0.401 e. The molecule has 2 atom stereocenters. The van der Waals surface area contributed by atoms with E-state index in [2.05, 4.69) is 4.98 Å². The third-order valence-corrected chi connectivity index (χ3v) is 8.78. The second kappa shape index (κ2) is 10.2. The Bertz CT molecular complexity index is 1630. The normalized spacial score (nSPS) is 18.7. The Hall–Kier alpha value is -3.04. The predicted octanol–water partition coefficient (Wildman–Crippen LogP) is 2.95. The highest BCUT2D eigenvalue weighted by atomic mass is 32.2. The van der Waals surface area contributed by atoms with Crippen LogP contribution in [0.15, 0.2) is 64.4 Å². The summed E-state index contributed by atoms with van der Waals surface area (Å²) < 4.78 is 89.1. The summed E-state index contributed by atoms with van der Waals surface area (Å²) in [7, 11) is -7.06. The molecule has 4 N–H and O–H groups in total. The minimum Gasteiger partial charge on any atom is -0.337 e. The van der Waals surface area contributed by atoms with Gasteiger partial charge in [0.15, 0.2) is 19.7 Å². The van der Waals surface area contributed by atoms with Crippen LogP contribution in [0.3, 0.4) is 0 Å². The molecule has 14 heteroatoms. The molecule has 0 fully saturated rings. The number of hydrogen-bond donors (Lipinski definition) is 2. The van der Waals surface area contributed by atoms with Crippen molar-refractivity contribution < 1.29 is 30.0 Å². The summed E-state index contributed by atoms with van der Waals surface area (Å²) in [6.45, 7) is 0.217. The zero-order valence-electron chi connectivity index (χ0n) is 21.3. The number of nitrogens with two attached hydrogens (primary N) is 2. The van der Waals surface area contributed by atoms with Crippen LogP contribution in [0.25, 0.3) is 11.3 Å². The molecule has 0 bridgehead atoms. The van der Waals surface area contributed by atoms with Crippen molar-refractivity contribution in [2.45, 2.75) is 41.9 Å². The van der Waals surface area contributed by atoms with Crippen LogP contribution in [-0.2, 0) is 26.2 Å². The van der Waals surface area contributed by atoms with Crippen LogP contribution in [0, 0.1) is 6.92 Å². The van der Waals surface area contributed by atoms with Crippen molar-refractivity contribution in [2.24, 2.45) is 11.5 Å². The highest BCUT2D eigenvalue weighted by Gasteiger charge is 2.42. The van der Waals surface area contributed by atoms with Gasteiger partial charge in [-0.05, 0) is 48.4 Å². The third-order valence-electron chi connectivity index (χ3n) is 6.43. The number of alkyl halides is 3. The van der Waals surface area contributed by atoms with Crippen molar-refractivity contribution in [1.29, 1.82) is 0 Å². The van der Waals surface area contributed by atoms with Crippen molar-refractivity contribution in [3.63, 3.8) is 0 Å². The monoisotopic (exact) mass is 583 g/mol. The fourth-order valence-corrected chi connectivity index (χ4v) is 6.22. The molecule has 0 saturated carbocycles. The van der Waals surface area contributed by atoms with Gasteiger partial charge >= 0.3 is 6.18 Å². The Kier molecular flexibility index (Phi) is 7.55. The summed E-state index contributed by atoms with van der Waals surface area (Å²) in [5.41, 5.74) is 14.9. The SMILES string of the molecule is Cc1ccc(-c2ccc3c(n2)C(N)N(CC(F)(F)F)C(N)N3Cc2cccc(S(C)(=O)=O)c2)cc1S(C)(=O)=O. The number of sulfone groups is 2. The molecule has 3 aromatic rings. The Labute approximate surface area is 225 Å². The first kappa shape index (κ1) is 29.0. The number of rotatable bonds is 6. The fraction of sp³-hybridized carbons (Fsp3) is 0.320. The maximum absolute atomic E-state index is 13.5. The smallest absolute Gasteiger partial charge is 0.337 e. The molecular weight excluding hydrogens is 555 g/mol. The quantitative estimate of drug-likeness (QED) is 0.448. The Balaban J connectivity index is 1.83. The summed E-state index contributed by atoms with van der Waals surface area (Å²) >= 11 is 0. The lowest BCUT2D eigenvalue weighted by Gasteiger charge is -2.46. The van der Waals surface area contributed by atoms with Crippen molar-refractivity contribution >= 4 is 25.4 Å². The van der Waals surface area contributed by atoms with Crippen LogP contribution in [0.1, 0.15) is 23.0 Å². The fourth-order valence-electron chi connectivity index (χ4n) is 4.54. The molecule has 1 aliphatic rings. The summed E-state index contributed by atoms with van der Waals surface area (Å²) in [6.07, 6.45) is -5.10. The van der Waals surface area contributed by atoms with Crippen molar-refractivity contribution in [3.05, 3.63) is 71.4 Å². The predicted molar refractivity (Wildman–Crippen MR) is 141 cm³/mol. The first-order valence-corrected chi connectivity index (χ1v) is 15.5. The molecule has 0 saturated heterocycles. The molecule has 39 heavy (non-hydrogen) atoms. The average molecular weight is 584 g/mol. The molecular formula is C25H28F3N5O4S2.